The van der Waals surface area contributed by atoms with Crippen molar-refractivity contribution in [2.45, 2.75) is 45.6 Å². The third-order valence-electron chi connectivity index (χ3n) is 4.67. The highest BCUT2D eigenvalue weighted by molar-refractivity contribution is 5.80. The number of hydrogen-bond donors (Lipinski definition) is 1. The van der Waals surface area contributed by atoms with E-state index < -0.39 is 0 Å². The lowest BCUT2D eigenvalue weighted by molar-refractivity contribution is -0.0829. The molecule has 0 amide bonds. The van der Waals surface area contributed by atoms with E-state index >= 15 is 0 Å². The molecule has 0 radical (unpaired) electrons. The molecule has 0 spiro atoms. The fourth-order valence-corrected chi connectivity index (χ4v) is 3.11. The van der Waals surface area contributed by atoms with Crippen LogP contribution in [0.25, 0.3) is 0 Å². The summed E-state index contributed by atoms with van der Waals surface area (Å²) in [4.78, 5) is 7.26. The number of nitrogens with one attached hydrogen (secondary N) is 1. The van der Waals surface area contributed by atoms with E-state index in [4.69, 9.17) is 14.5 Å². The van der Waals surface area contributed by atoms with Crippen LogP contribution in [0, 0.1) is 5.41 Å². The van der Waals surface area contributed by atoms with Crippen LogP contribution >= 0.6 is 0 Å². The summed E-state index contributed by atoms with van der Waals surface area (Å²) in [5, 5.41) is 3.43. The van der Waals surface area contributed by atoms with Crippen LogP contribution < -0.4 is 5.32 Å². The molecule has 0 unspecified atom stereocenters. The van der Waals surface area contributed by atoms with Crippen LogP contribution in [0.15, 0.2) is 4.99 Å². The smallest absolute Gasteiger partial charge is 0.194 e. The van der Waals surface area contributed by atoms with Crippen LogP contribution in [0.1, 0.15) is 40.0 Å². The van der Waals surface area contributed by atoms with Gasteiger partial charge in [-0.15, -0.1) is 0 Å². The summed E-state index contributed by atoms with van der Waals surface area (Å²) in [6.45, 7) is 12.1. The first-order valence-corrected chi connectivity index (χ1v) is 8.16. The van der Waals surface area contributed by atoms with Crippen molar-refractivity contribution in [3.8, 4) is 0 Å². The van der Waals surface area contributed by atoms with Crippen LogP contribution in [0.5, 0.6) is 0 Å². The summed E-state index contributed by atoms with van der Waals surface area (Å²) in [6, 6.07) is 0. The molecule has 0 aromatic carbocycles. The zero-order valence-corrected chi connectivity index (χ0v) is 14.1. The Kier molecular flexibility index (Phi) is 5.49. The molecule has 5 nitrogen and oxygen atoms in total. The summed E-state index contributed by atoms with van der Waals surface area (Å²) >= 11 is 0. The van der Waals surface area contributed by atoms with Crippen molar-refractivity contribution in [1.29, 1.82) is 0 Å². The van der Waals surface area contributed by atoms with Crippen molar-refractivity contribution in [3.63, 3.8) is 0 Å². The Bertz CT molecular complexity index is 363. The van der Waals surface area contributed by atoms with Crippen molar-refractivity contribution in [3.05, 3.63) is 0 Å². The molecule has 2 heterocycles. The molecule has 2 rings (SSSR count). The fourth-order valence-electron chi connectivity index (χ4n) is 3.11. The minimum Gasteiger partial charge on any atom is -0.381 e. The molecule has 122 valence electrons. The third-order valence-corrected chi connectivity index (χ3v) is 4.67. The maximum Gasteiger partial charge on any atom is 0.194 e. The molecule has 5 heteroatoms. The predicted molar refractivity (Wildman–Crippen MR) is 85.7 cm³/mol. The molecule has 0 atom stereocenters. The van der Waals surface area contributed by atoms with Crippen LogP contribution in [-0.4, -0.2) is 63.0 Å². The zero-order valence-electron chi connectivity index (χ0n) is 14.1. The van der Waals surface area contributed by atoms with Crippen molar-refractivity contribution in [2.24, 2.45) is 10.4 Å². The van der Waals surface area contributed by atoms with Crippen molar-refractivity contribution in [1.82, 2.24) is 10.2 Å². The van der Waals surface area contributed by atoms with Crippen molar-refractivity contribution < 1.29 is 9.47 Å². The van der Waals surface area contributed by atoms with E-state index in [-0.39, 0.29) is 5.60 Å². The lowest BCUT2D eigenvalue weighted by Gasteiger charge is -2.35. The van der Waals surface area contributed by atoms with E-state index in [0.29, 0.717) is 12.0 Å². The molecule has 2 aliphatic heterocycles. The number of guanidine groups is 1. The Hall–Kier alpha value is -0.810. The maximum absolute atomic E-state index is 5.78. The van der Waals surface area contributed by atoms with Crippen LogP contribution in [0.3, 0.4) is 0 Å². The Balaban J connectivity index is 2.03. The highest BCUT2D eigenvalue weighted by atomic mass is 16.5. The first-order valence-electron chi connectivity index (χ1n) is 8.16. The summed E-state index contributed by atoms with van der Waals surface area (Å²) in [6.07, 6.45) is 3.08. The molecule has 0 saturated carbocycles. The number of nitrogens with zero attached hydrogens (tertiary/aromatic N) is 2. The van der Waals surface area contributed by atoms with Gasteiger partial charge in [-0.05, 0) is 18.8 Å². The van der Waals surface area contributed by atoms with Gasteiger partial charge in [-0.3, -0.25) is 4.99 Å². The number of hydrogen-bond acceptors (Lipinski definition) is 3. The second kappa shape index (κ2) is 6.97. The molecule has 2 fully saturated rings. The largest absolute Gasteiger partial charge is 0.381 e. The lowest BCUT2D eigenvalue weighted by Crippen LogP contribution is -2.45. The van der Waals surface area contributed by atoms with Gasteiger partial charge >= 0.3 is 0 Å². The molecule has 0 aromatic heterocycles. The highest BCUT2D eigenvalue weighted by Gasteiger charge is 2.34. The minimum absolute atomic E-state index is 0.145. The first-order chi connectivity index (χ1) is 10.0. The topological polar surface area (TPSA) is 46.1 Å². The summed E-state index contributed by atoms with van der Waals surface area (Å²) < 4.78 is 11.2. The SMILES string of the molecule is CCNC(=NCC1(OC)CCOCC1)N1CCC(C)(C)C1. The zero-order chi connectivity index (χ0) is 15.3. The minimum atomic E-state index is -0.145. The summed E-state index contributed by atoms with van der Waals surface area (Å²) in [7, 11) is 1.80. The Labute approximate surface area is 129 Å². The third kappa shape index (κ3) is 4.33. The number of methoxy groups -OCH3 is 1. The first kappa shape index (κ1) is 16.6. The average molecular weight is 297 g/mol. The molecule has 2 saturated heterocycles. The van der Waals surface area contributed by atoms with Crippen LogP contribution in [-0.2, 0) is 9.47 Å². The Morgan fingerprint density at radius 1 is 1.29 bits per heavy atom. The number of ether oxygens (including phenoxy) is 2. The normalized spacial score (nSPS) is 25.1. The van der Waals surface area contributed by atoms with Gasteiger partial charge in [0, 0.05) is 52.8 Å². The molecule has 1 N–H and O–H groups in total. The summed E-state index contributed by atoms with van der Waals surface area (Å²) in [5.74, 6) is 1.03. The predicted octanol–water partition coefficient (Wildman–Crippen LogP) is 1.88. The van der Waals surface area contributed by atoms with Gasteiger partial charge in [0.15, 0.2) is 5.96 Å². The average Bonchev–Trinajstić information content (AvgIpc) is 2.84. The van der Waals surface area contributed by atoms with Crippen molar-refractivity contribution in [2.75, 3.05) is 46.5 Å². The van der Waals surface area contributed by atoms with E-state index in [2.05, 4.69) is 31.0 Å². The van der Waals surface area contributed by atoms with Gasteiger partial charge in [0.1, 0.15) is 0 Å². The van der Waals surface area contributed by atoms with Gasteiger partial charge < -0.3 is 19.7 Å². The molecular weight excluding hydrogens is 266 g/mol. The number of likely N-dealkylation sites (tertiary alicyclic amines) is 1. The van der Waals surface area contributed by atoms with E-state index in [1.807, 2.05) is 0 Å². The summed E-state index contributed by atoms with van der Waals surface area (Å²) in [5.41, 5.74) is 0.238. The van der Waals surface area contributed by atoms with Gasteiger partial charge in [-0.1, -0.05) is 13.8 Å². The highest BCUT2D eigenvalue weighted by Crippen LogP contribution is 2.29. The molecule has 0 bridgehead atoms. The number of rotatable bonds is 4. The second-order valence-electron chi connectivity index (χ2n) is 7.01. The lowest BCUT2D eigenvalue weighted by atomic mass is 9.93. The van der Waals surface area contributed by atoms with Crippen LogP contribution in [0.2, 0.25) is 0 Å². The van der Waals surface area contributed by atoms with Crippen LogP contribution in [0.4, 0.5) is 0 Å². The molecule has 0 aliphatic carbocycles. The van der Waals surface area contributed by atoms with Gasteiger partial charge in [0.05, 0.1) is 12.1 Å². The molecule has 2 aliphatic rings. The molecular formula is C16H31N3O2. The fraction of sp³-hybridized carbons (Fsp3) is 0.938. The monoisotopic (exact) mass is 297 g/mol. The van der Waals surface area contributed by atoms with Gasteiger partial charge in [-0.2, -0.15) is 0 Å². The van der Waals surface area contributed by atoms with E-state index in [0.717, 1.165) is 51.6 Å². The van der Waals surface area contributed by atoms with Gasteiger partial charge in [0.25, 0.3) is 0 Å². The van der Waals surface area contributed by atoms with Gasteiger partial charge in [0.2, 0.25) is 0 Å². The second-order valence-corrected chi connectivity index (χ2v) is 7.01. The van der Waals surface area contributed by atoms with E-state index in [1.165, 1.54) is 6.42 Å². The van der Waals surface area contributed by atoms with E-state index in [1.54, 1.807) is 7.11 Å². The Morgan fingerprint density at radius 2 is 2.00 bits per heavy atom. The standard InChI is InChI=1S/C16H31N3O2/c1-5-17-14(19-9-6-15(2,3)13-19)18-12-16(20-4)7-10-21-11-8-16/h5-13H2,1-4H3,(H,17,18). The number of aliphatic imine (C=N–C) groups is 1. The maximum atomic E-state index is 5.78. The quantitative estimate of drug-likeness (QED) is 0.636. The van der Waals surface area contributed by atoms with E-state index in [9.17, 15) is 0 Å². The van der Waals surface area contributed by atoms with Gasteiger partial charge in [-0.25, -0.2) is 0 Å². The molecule has 21 heavy (non-hydrogen) atoms. The Morgan fingerprint density at radius 3 is 2.52 bits per heavy atom. The van der Waals surface area contributed by atoms with Crippen molar-refractivity contribution >= 4 is 5.96 Å². The molecule has 0 aromatic rings.